The van der Waals surface area contributed by atoms with Gasteiger partial charge < -0.3 is 19.7 Å². The average Bonchev–Trinajstić information content (AvgIpc) is 3.01. The summed E-state index contributed by atoms with van der Waals surface area (Å²) in [5.74, 6) is 0.785. The van der Waals surface area contributed by atoms with Crippen molar-refractivity contribution in [2.45, 2.75) is 38.1 Å². The first kappa shape index (κ1) is 17.4. The van der Waals surface area contributed by atoms with E-state index in [4.69, 9.17) is 9.47 Å². The van der Waals surface area contributed by atoms with Gasteiger partial charge in [-0.2, -0.15) is 0 Å². The number of nitrogens with zero attached hydrogens (tertiary/aromatic N) is 1. The summed E-state index contributed by atoms with van der Waals surface area (Å²) in [5.41, 5.74) is 1.08. The predicted octanol–water partition coefficient (Wildman–Crippen LogP) is 2.13. The lowest BCUT2D eigenvalue weighted by Crippen LogP contribution is -2.53. The van der Waals surface area contributed by atoms with Crippen molar-refractivity contribution in [2.24, 2.45) is 0 Å². The lowest BCUT2D eigenvalue weighted by Gasteiger charge is -2.31. The molecular weight excluding hydrogens is 344 g/mol. The molecule has 0 aromatic heterocycles. The maximum atomic E-state index is 12.7. The van der Waals surface area contributed by atoms with Crippen molar-refractivity contribution in [3.05, 3.63) is 60.2 Å². The molecule has 6 heteroatoms. The third-order valence-electron chi connectivity index (χ3n) is 4.93. The van der Waals surface area contributed by atoms with Crippen LogP contribution in [0, 0.1) is 0 Å². The summed E-state index contributed by atoms with van der Waals surface area (Å²) in [4.78, 5) is 27.1. The first-order valence-corrected chi connectivity index (χ1v) is 9.17. The smallest absolute Gasteiger partial charge is 0.265 e. The van der Waals surface area contributed by atoms with E-state index < -0.39 is 18.2 Å². The van der Waals surface area contributed by atoms with Crippen LogP contribution in [0.1, 0.15) is 18.9 Å². The maximum absolute atomic E-state index is 12.7. The molecule has 140 valence electrons. The van der Waals surface area contributed by atoms with Crippen molar-refractivity contribution in [3.8, 4) is 11.5 Å². The van der Waals surface area contributed by atoms with E-state index in [1.54, 1.807) is 17.9 Å². The van der Waals surface area contributed by atoms with Crippen LogP contribution in [0.15, 0.2) is 54.6 Å². The minimum Gasteiger partial charge on any atom is -0.482 e. The van der Waals surface area contributed by atoms with Gasteiger partial charge in [-0.05, 0) is 31.0 Å². The fraction of sp³-hybridized carbons (Fsp3) is 0.333. The fourth-order valence-corrected chi connectivity index (χ4v) is 3.49. The number of hydrogen-bond acceptors (Lipinski definition) is 4. The Kier molecular flexibility index (Phi) is 4.71. The molecule has 6 nitrogen and oxygen atoms in total. The van der Waals surface area contributed by atoms with E-state index in [1.165, 1.54) is 0 Å². The molecule has 27 heavy (non-hydrogen) atoms. The Morgan fingerprint density at radius 3 is 2.48 bits per heavy atom. The Balaban J connectivity index is 1.38. The minimum atomic E-state index is -0.782. The monoisotopic (exact) mass is 366 g/mol. The highest BCUT2D eigenvalue weighted by Crippen LogP contribution is 2.33. The van der Waals surface area contributed by atoms with E-state index in [0.29, 0.717) is 31.0 Å². The first-order valence-electron chi connectivity index (χ1n) is 9.17. The molecule has 0 saturated carbocycles. The van der Waals surface area contributed by atoms with Crippen molar-refractivity contribution < 1.29 is 19.1 Å². The number of para-hydroxylation sites is 2. The zero-order valence-electron chi connectivity index (χ0n) is 15.1. The standard InChI is InChI=1S/C21H22N2O4/c1-14-19(27-18-10-6-5-9-17(18)26-14)20(24)22-16-11-12-23(21(16)25)13-15-7-3-2-4-8-15/h2-10,14,16,19H,11-13H2,1H3,(H,22,24). The molecule has 0 aliphatic carbocycles. The number of hydrogen-bond donors (Lipinski definition) is 1. The third kappa shape index (κ3) is 3.60. The molecule has 0 bridgehead atoms. The number of rotatable bonds is 4. The molecule has 2 aromatic carbocycles. The topological polar surface area (TPSA) is 67.9 Å². The summed E-state index contributed by atoms with van der Waals surface area (Å²) >= 11 is 0. The van der Waals surface area contributed by atoms with E-state index >= 15 is 0 Å². The Bertz CT molecular complexity index is 839. The van der Waals surface area contributed by atoms with E-state index in [9.17, 15) is 9.59 Å². The summed E-state index contributed by atoms with van der Waals surface area (Å²) in [6, 6.07) is 16.6. The zero-order valence-corrected chi connectivity index (χ0v) is 15.1. The maximum Gasteiger partial charge on any atom is 0.265 e. The Morgan fingerprint density at radius 1 is 1.07 bits per heavy atom. The molecule has 2 heterocycles. The highest BCUT2D eigenvalue weighted by molar-refractivity contribution is 5.91. The molecule has 0 radical (unpaired) electrons. The summed E-state index contributed by atoms with van der Waals surface area (Å²) in [7, 11) is 0. The van der Waals surface area contributed by atoms with Gasteiger partial charge in [0, 0.05) is 13.1 Å². The lowest BCUT2D eigenvalue weighted by molar-refractivity contribution is -0.138. The predicted molar refractivity (Wildman–Crippen MR) is 99.4 cm³/mol. The van der Waals surface area contributed by atoms with Crippen LogP contribution in [0.4, 0.5) is 0 Å². The molecule has 3 unspecified atom stereocenters. The largest absolute Gasteiger partial charge is 0.482 e. The van der Waals surface area contributed by atoms with Gasteiger partial charge in [-0.25, -0.2) is 0 Å². The highest BCUT2D eigenvalue weighted by atomic mass is 16.6. The summed E-state index contributed by atoms with van der Waals surface area (Å²) in [6.45, 7) is 2.97. The van der Waals surface area contributed by atoms with Crippen LogP contribution in [0.25, 0.3) is 0 Å². The lowest BCUT2D eigenvalue weighted by atomic mass is 10.1. The van der Waals surface area contributed by atoms with Crippen LogP contribution in [-0.4, -0.2) is 41.5 Å². The van der Waals surface area contributed by atoms with Gasteiger partial charge in [-0.15, -0.1) is 0 Å². The molecule has 2 aromatic rings. The van der Waals surface area contributed by atoms with Crippen LogP contribution in [-0.2, 0) is 16.1 Å². The van der Waals surface area contributed by atoms with Crippen molar-refractivity contribution in [1.29, 1.82) is 0 Å². The number of benzene rings is 2. The van der Waals surface area contributed by atoms with Gasteiger partial charge >= 0.3 is 0 Å². The number of carbonyl (C=O) groups excluding carboxylic acids is 2. The second-order valence-corrected chi connectivity index (χ2v) is 6.90. The Labute approximate surface area is 158 Å². The second-order valence-electron chi connectivity index (χ2n) is 6.90. The summed E-state index contributed by atoms with van der Waals surface area (Å²) < 4.78 is 11.6. The van der Waals surface area contributed by atoms with Crippen LogP contribution in [0.2, 0.25) is 0 Å². The van der Waals surface area contributed by atoms with Gasteiger partial charge in [0.25, 0.3) is 5.91 Å². The number of ether oxygens (including phenoxy) is 2. The minimum absolute atomic E-state index is 0.0583. The number of likely N-dealkylation sites (tertiary alicyclic amines) is 1. The molecule has 2 amide bonds. The van der Waals surface area contributed by atoms with Crippen molar-refractivity contribution in [2.75, 3.05) is 6.54 Å². The number of carbonyl (C=O) groups is 2. The third-order valence-corrected chi connectivity index (χ3v) is 4.93. The number of amides is 2. The van der Waals surface area contributed by atoms with Gasteiger partial charge in [-0.1, -0.05) is 42.5 Å². The Hall–Kier alpha value is -3.02. The second kappa shape index (κ2) is 7.31. The molecule has 2 aliphatic heterocycles. The van der Waals surface area contributed by atoms with Gasteiger partial charge in [0.2, 0.25) is 12.0 Å². The summed E-state index contributed by atoms with van der Waals surface area (Å²) in [5, 5.41) is 2.84. The molecule has 3 atom stereocenters. The first-order chi connectivity index (χ1) is 13.1. The van der Waals surface area contributed by atoms with Crippen LogP contribution >= 0.6 is 0 Å². The van der Waals surface area contributed by atoms with Crippen molar-refractivity contribution >= 4 is 11.8 Å². The Morgan fingerprint density at radius 2 is 1.74 bits per heavy atom. The van der Waals surface area contributed by atoms with Crippen LogP contribution < -0.4 is 14.8 Å². The summed E-state index contributed by atoms with van der Waals surface area (Å²) in [6.07, 6.45) is -0.622. The molecule has 0 spiro atoms. The number of nitrogens with one attached hydrogen (secondary N) is 1. The molecular formula is C21H22N2O4. The van der Waals surface area contributed by atoms with Crippen LogP contribution in [0.5, 0.6) is 11.5 Å². The van der Waals surface area contributed by atoms with Gasteiger partial charge in [0.05, 0.1) is 0 Å². The van der Waals surface area contributed by atoms with Crippen LogP contribution in [0.3, 0.4) is 0 Å². The highest BCUT2D eigenvalue weighted by Gasteiger charge is 2.38. The van der Waals surface area contributed by atoms with Gasteiger partial charge in [0.15, 0.2) is 11.5 Å². The van der Waals surface area contributed by atoms with Crippen molar-refractivity contribution in [3.63, 3.8) is 0 Å². The molecule has 4 rings (SSSR count). The van der Waals surface area contributed by atoms with Gasteiger partial charge in [-0.3, -0.25) is 9.59 Å². The van der Waals surface area contributed by atoms with E-state index in [-0.39, 0.29) is 11.8 Å². The zero-order chi connectivity index (χ0) is 18.8. The van der Waals surface area contributed by atoms with Gasteiger partial charge in [0.1, 0.15) is 12.1 Å². The average molecular weight is 366 g/mol. The van der Waals surface area contributed by atoms with E-state index in [2.05, 4.69) is 5.32 Å². The van der Waals surface area contributed by atoms with Crippen molar-refractivity contribution in [1.82, 2.24) is 10.2 Å². The van der Waals surface area contributed by atoms with E-state index in [1.807, 2.05) is 48.5 Å². The van der Waals surface area contributed by atoms with E-state index in [0.717, 1.165) is 5.56 Å². The SMILES string of the molecule is CC1Oc2ccccc2OC1C(=O)NC1CCN(Cc2ccccc2)C1=O. The molecule has 2 aliphatic rings. The molecule has 1 N–H and O–H groups in total. The normalized spacial score (nSPS) is 24.0. The molecule has 1 fully saturated rings. The fourth-order valence-electron chi connectivity index (χ4n) is 3.49. The quantitative estimate of drug-likeness (QED) is 0.900. The number of fused-ring (bicyclic) bond motifs is 1. The molecule has 1 saturated heterocycles.